The molecule has 1 N–H and O–H groups in total. The first-order valence-electron chi connectivity index (χ1n) is 5.15. The fraction of sp³-hybridized carbons (Fsp3) is 0.417. The molecular weight excluding hydrogens is 301 g/mol. The molecule has 1 saturated carbocycles. The van der Waals surface area contributed by atoms with Crippen molar-refractivity contribution in [2.75, 3.05) is 0 Å². The number of carbonyl (C=O) groups is 1. The van der Waals surface area contributed by atoms with Gasteiger partial charge in [0.2, 0.25) is 0 Å². The van der Waals surface area contributed by atoms with E-state index in [1.165, 1.54) is 0 Å². The summed E-state index contributed by atoms with van der Waals surface area (Å²) in [5.74, 6) is 0.725. The first-order valence-corrected chi connectivity index (χ1v) is 6.23. The molecule has 0 aromatic heterocycles. The van der Waals surface area contributed by atoms with E-state index in [-0.39, 0.29) is 5.91 Å². The summed E-state index contributed by atoms with van der Waals surface area (Å²) in [5, 5.41) is 3.06. The van der Waals surface area contributed by atoms with Crippen molar-refractivity contribution in [2.45, 2.75) is 26.3 Å². The lowest BCUT2D eigenvalue weighted by molar-refractivity contribution is 0.0948. The summed E-state index contributed by atoms with van der Waals surface area (Å²) in [7, 11) is 0. The van der Waals surface area contributed by atoms with Crippen LogP contribution in [-0.2, 0) is 0 Å². The number of halogens is 1. The van der Waals surface area contributed by atoms with E-state index in [4.69, 9.17) is 0 Å². The second-order valence-electron chi connectivity index (χ2n) is 4.22. The topological polar surface area (TPSA) is 29.1 Å². The Morgan fingerprint density at radius 1 is 1.53 bits per heavy atom. The molecule has 1 fully saturated rings. The van der Waals surface area contributed by atoms with Crippen molar-refractivity contribution in [2.24, 2.45) is 5.92 Å². The van der Waals surface area contributed by atoms with Gasteiger partial charge in [-0.05, 0) is 53.5 Å². The largest absolute Gasteiger partial charge is 0.349 e. The Balaban J connectivity index is 2.17. The second-order valence-corrected chi connectivity index (χ2v) is 5.39. The maximum Gasteiger partial charge on any atom is 0.252 e. The molecule has 1 aromatic rings. The molecule has 80 valence electrons. The van der Waals surface area contributed by atoms with Crippen LogP contribution in [0, 0.1) is 16.4 Å². The van der Waals surface area contributed by atoms with Gasteiger partial charge < -0.3 is 5.32 Å². The first kappa shape index (κ1) is 10.9. The number of amides is 1. The summed E-state index contributed by atoms with van der Waals surface area (Å²) in [6, 6.07) is 6.33. The van der Waals surface area contributed by atoms with Crippen LogP contribution in [0.3, 0.4) is 0 Å². The molecule has 3 heteroatoms. The van der Waals surface area contributed by atoms with Gasteiger partial charge in [0.05, 0.1) is 5.56 Å². The highest BCUT2D eigenvalue weighted by Gasteiger charge is 2.34. The van der Waals surface area contributed by atoms with Crippen LogP contribution in [0.4, 0.5) is 0 Å². The van der Waals surface area contributed by atoms with E-state index >= 15 is 0 Å². The zero-order valence-corrected chi connectivity index (χ0v) is 11.0. The SMILES string of the molecule is Cc1cccc(I)c1C(=O)N[C@@H]1C[C@H]1C. The monoisotopic (exact) mass is 315 g/mol. The van der Waals surface area contributed by atoms with E-state index in [9.17, 15) is 4.79 Å². The lowest BCUT2D eigenvalue weighted by Crippen LogP contribution is -2.28. The molecule has 1 amide bonds. The van der Waals surface area contributed by atoms with Gasteiger partial charge in [-0.15, -0.1) is 0 Å². The highest BCUT2D eigenvalue weighted by Crippen LogP contribution is 2.29. The second kappa shape index (κ2) is 4.12. The molecule has 2 nitrogen and oxygen atoms in total. The van der Waals surface area contributed by atoms with Crippen molar-refractivity contribution < 1.29 is 4.79 Å². The maximum atomic E-state index is 12.0. The maximum absolute atomic E-state index is 12.0. The van der Waals surface area contributed by atoms with Crippen molar-refractivity contribution >= 4 is 28.5 Å². The Hall–Kier alpha value is -0.580. The Labute approximate surface area is 104 Å². The van der Waals surface area contributed by atoms with E-state index in [0.29, 0.717) is 12.0 Å². The van der Waals surface area contributed by atoms with Gasteiger partial charge in [0.25, 0.3) is 5.91 Å². The highest BCUT2D eigenvalue weighted by atomic mass is 127. The Kier molecular flexibility index (Phi) is 3.00. The minimum atomic E-state index is 0.0758. The summed E-state index contributed by atoms with van der Waals surface area (Å²) in [6.07, 6.45) is 1.12. The van der Waals surface area contributed by atoms with Crippen LogP contribution in [0.1, 0.15) is 29.3 Å². The Morgan fingerprint density at radius 3 is 2.73 bits per heavy atom. The predicted octanol–water partition coefficient (Wildman–Crippen LogP) is 2.74. The summed E-state index contributed by atoms with van der Waals surface area (Å²) in [5.41, 5.74) is 1.88. The van der Waals surface area contributed by atoms with Gasteiger partial charge in [0, 0.05) is 9.61 Å². The Morgan fingerprint density at radius 2 is 2.20 bits per heavy atom. The fourth-order valence-corrected chi connectivity index (χ4v) is 2.56. The van der Waals surface area contributed by atoms with Crippen LogP contribution in [0.15, 0.2) is 18.2 Å². The number of carbonyl (C=O) groups excluding carboxylic acids is 1. The number of nitrogens with one attached hydrogen (secondary N) is 1. The third-order valence-electron chi connectivity index (χ3n) is 2.87. The van der Waals surface area contributed by atoms with E-state index in [0.717, 1.165) is 21.1 Å². The quantitative estimate of drug-likeness (QED) is 0.836. The fourth-order valence-electron chi connectivity index (χ4n) is 1.68. The summed E-state index contributed by atoms with van der Waals surface area (Å²) in [4.78, 5) is 12.0. The summed E-state index contributed by atoms with van der Waals surface area (Å²) in [6.45, 7) is 4.14. The molecule has 1 aliphatic carbocycles. The van der Waals surface area contributed by atoms with Gasteiger partial charge in [0.1, 0.15) is 0 Å². The first-order chi connectivity index (χ1) is 7.09. The van der Waals surface area contributed by atoms with E-state index < -0.39 is 0 Å². The van der Waals surface area contributed by atoms with E-state index in [1.54, 1.807) is 0 Å². The molecule has 0 aliphatic heterocycles. The number of benzene rings is 1. The molecule has 0 bridgehead atoms. The van der Waals surface area contributed by atoms with Crippen LogP contribution in [0.5, 0.6) is 0 Å². The van der Waals surface area contributed by atoms with Crippen LogP contribution in [-0.4, -0.2) is 11.9 Å². The molecule has 0 heterocycles. The smallest absolute Gasteiger partial charge is 0.252 e. The lowest BCUT2D eigenvalue weighted by Gasteiger charge is -2.08. The number of hydrogen-bond acceptors (Lipinski definition) is 1. The van der Waals surface area contributed by atoms with Gasteiger partial charge in [-0.1, -0.05) is 19.1 Å². The van der Waals surface area contributed by atoms with Gasteiger partial charge in [-0.3, -0.25) is 4.79 Å². The molecule has 0 unspecified atom stereocenters. The third-order valence-corrected chi connectivity index (χ3v) is 3.77. The molecule has 2 rings (SSSR count). The van der Waals surface area contributed by atoms with Crippen LogP contribution in [0.25, 0.3) is 0 Å². The average molecular weight is 315 g/mol. The molecule has 0 spiro atoms. The molecule has 0 radical (unpaired) electrons. The van der Waals surface area contributed by atoms with E-state index in [2.05, 4.69) is 34.8 Å². The minimum Gasteiger partial charge on any atom is -0.349 e. The zero-order chi connectivity index (χ0) is 11.0. The van der Waals surface area contributed by atoms with Crippen molar-refractivity contribution in [1.29, 1.82) is 0 Å². The molecule has 15 heavy (non-hydrogen) atoms. The molecule has 1 aromatic carbocycles. The predicted molar refractivity (Wildman–Crippen MR) is 68.9 cm³/mol. The number of rotatable bonds is 2. The van der Waals surface area contributed by atoms with Crippen molar-refractivity contribution in [3.8, 4) is 0 Å². The van der Waals surface area contributed by atoms with Crippen molar-refractivity contribution in [3.05, 3.63) is 32.9 Å². The van der Waals surface area contributed by atoms with Crippen LogP contribution >= 0.6 is 22.6 Å². The lowest BCUT2D eigenvalue weighted by atomic mass is 10.1. The standard InChI is InChI=1S/C12H14INO/c1-7-4-3-5-9(13)11(7)12(15)14-10-6-8(10)2/h3-5,8,10H,6H2,1-2H3,(H,14,15)/t8-,10-/m1/s1. The van der Waals surface area contributed by atoms with Crippen molar-refractivity contribution in [1.82, 2.24) is 5.32 Å². The van der Waals surface area contributed by atoms with E-state index in [1.807, 2.05) is 25.1 Å². The normalized spacial score (nSPS) is 23.7. The zero-order valence-electron chi connectivity index (χ0n) is 8.88. The van der Waals surface area contributed by atoms with Crippen LogP contribution < -0.4 is 5.32 Å². The molecule has 2 atom stereocenters. The molecular formula is C12H14INO. The highest BCUT2D eigenvalue weighted by molar-refractivity contribution is 14.1. The van der Waals surface area contributed by atoms with Gasteiger partial charge in [0.15, 0.2) is 0 Å². The molecule has 1 aliphatic rings. The van der Waals surface area contributed by atoms with Gasteiger partial charge in [-0.2, -0.15) is 0 Å². The Bertz CT molecular complexity index is 382. The van der Waals surface area contributed by atoms with Crippen LogP contribution in [0.2, 0.25) is 0 Å². The summed E-state index contributed by atoms with van der Waals surface area (Å²) >= 11 is 2.21. The minimum absolute atomic E-state index is 0.0758. The average Bonchev–Trinajstić information content (AvgIpc) is 2.81. The third kappa shape index (κ3) is 2.33. The van der Waals surface area contributed by atoms with Gasteiger partial charge >= 0.3 is 0 Å². The molecule has 0 saturated heterocycles. The number of hydrogen-bond donors (Lipinski definition) is 1. The summed E-state index contributed by atoms with van der Waals surface area (Å²) < 4.78 is 1.03. The van der Waals surface area contributed by atoms with Gasteiger partial charge in [-0.25, -0.2) is 0 Å². The number of aryl methyl sites for hydroxylation is 1. The van der Waals surface area contributed by atoms with Crippen molar-refractivity contribution in [3.63, 3.8) is 0 Å².